The van der Waals surface area contributed by atoms with Gasteiger partial charge >= 0.3 is 0 Å². The highest BCUT2D eigenvalue weighted by molar-refractivity contribution is 4.89. The van der Waals surface area contributed by atoms with E-state index in [2.05, 4.69) is 6.58 Å². The monoisotopic (exact) mass is 284 g/mol. The van der Waals surface area contributed by atoms with Crippen LogP contribution in [0.1, 0.15) is 64.2 Å². The molecule has 0 saturated heterocycles. The normalized spacial score (nSPS) is 14.6. The van der Waals surface area contributed by atoms with Gasteiger partial charge in [-0.3, -0.25) is 0 Å². The van der Waals surface area contributed by atoms with Crippen LogP contribution < -0.4 is 0 Å². The molecule has 3 heteroatoms. The third-order valence-electron chi connectivity index (χ3n) is 3.36. The van der Waals surface area contributed by atoms with Crippen LogP contribution in [0.4, 0.5) is 0 Å². The van der Waals surface area contributed by atoms with Crippen LogP contribution in [0.3, 0.4) is 0 Å². The van der Waals surface area contributed by atoms with Crippen LogP contribution in [-0.2, 0) is 0 Å². The van der Waals surface area contributed by atoms with Crippen LogP contribution >= 0.6 is 0 Å². The van der Waals surface area contributed by atoms with Gasteiger partial charge in [-0.1, -0.05) is 50.3 Å². The highest BCUT2D eigenvalue weighted by Crippen LogP contribution is 2.10. The van der Waals surface area contributed by atoms with Gasteiger partial charge in [-0.25, -0.2) is 0 Å². The molecular formula is C17H32O3. The number of aliphatic hydroxyl groups is 3. The van der Waals surface area contributed by atoms with E-state index in [-0.39, 0.29) is 13.0 Å². The number of hydrogen-bond acceptors (Lipinski definition) is 3. The standard InChI is InChI=1S/C17H32O3/c1-2-3-4-5-6-7-8-9-10-11-12-13-16(19)14-17(20)15-18/h2,12-13,16-20H,1,3-11,14-15H2/b13-12+/t16-,17-/m1/s1. The molecule has 0 aromatic rings. The Kier molecular flexibility index (Phi) is 14.3. The Bertz CT molecular complexity index is 238. The van der Waals surface area contributed by atoms with Gasteiger partial charge in [0.25, 0.3) is 0 Å². The second-order valence-corrected chi connectivity index (χ2v) is 5.41. The zero-order chi connectivity index (χ0) is 15.1. The molecule has 3 N–H and O–H groups in total. The van der Waals surface area contributed by atoms with Crippen molar-refractivity contribution in [3.8, 4) is 0 Å². The predicted octanol–water partition coefficient (Wildman–Crippen LogP) is 3.34. The molecule has 0 aliphatic carbocycles. The van der Waals surface area contributed by atoms with Crippen molar-refractivity contribution >= 4 is 0 Å². The fraction of sp³-hybridized carbons (Fsp3) is 0.765. The van der Waals surface area contributed by atoms with Gasteiger partial charge in [-0.05, 0) is 25.7 Å². The first-order valence-electron chi connectivity index (χ1n) is 7.95. The molecule has 0 bridgehead atoms. The van der Waals surface area contributed by atoms with Crippen molar-refractivity contribution in [1.29, 1.82) is 0 Å². The first kappa shape index (κ1) is 19.4. The third kappa shape index (κ3) is 13.8. The van der Waals surface area contributed by atoms with E-state index in [1.807, 2.05) is 12.2 Å². The van der Waals surface area contributed by atoms with E-state index in [9.17, 15) is 5.11 Å². The molecule has 0 unspecified atom stereocenters. The van der Waals surface area contributed by atoms with E-state index in [0.29, 0.717) is 0 Å². The summed E-state index contributed by atoms with van der Waals surface area (Å²) >= 11 is 0. The number of rotatable bonds is 14. The van der Waals surface area contributed by atoms with E-state index in [1.165, 1.54) is 38.5 Å². The summed E-state index contributed by atoms with van der Waals surface area (Å²) in [6.07, 6.45) is 15.4. The average Bonchev–Trinajstić information content (AvgIpc) is 2.44. The molecule has 0 spiro atoms. The molecule has 0 aliphatic heterocycles. The first-order chi connectivity index (χ1) is 9.70. The lowest BCUT2D eigenvalue weighted by molar-refractivity contribution is 0.0556. The minimum atomic E-state index is -0.823. The van der Waals surface area contributed by atoms with Crippen molar-refractivity contribution in [1.82, 2.24) is 0 Å². The summed E-state index contributed by atoms with van der Waals surface area (Å²) in [5.41, 5.74) is 0. The quantitative estimate of drug-likeness (QED) is 0.339. The molecule has 0 aromatic carbocycles. The summed E-state index contributed by atoms with van der Waals surface area (Å²) in [5, 5.41) is 27.3. The summed E-state index contributed by atoms with van der Waals surface area (Å²) in [5.74, 6) is 0. The number of unbranched alkanes of at least 4 members (excludes halogenated alkanes) is 8. The average molecular weight is 284 g/mol. The van der Waals surface area contributed by atoms with Crippen LogP contribution in [0.5, 0.6) is 0 Å². The molecular weight excluding hydrogens is 252 g/mol. The molecule has 20 heavy (non-hydrogen) atoms. The fourth-order valence-electron chi connectivity index (χ4n) is 2.12. The zero-order valence-electron chi connectivity index (χ0n) is 12.7. The molecule has 3 nitrogen and oxygen atoms in total. The Morgan fingerprint density at radius 1 is 0.850 bits per heavy atom. The van der Waals surface area contributed by atoms with E-state index >= 15 is 0 Å². The minimum absolute atomic E-state index is 0.206. The first-order valence-corrected chi connectivity index (χ1v) is 7.95. The highest BCUT2D eigenvalue weighted by atomic mass is 16.3. The number of allylic oxidation sites excluding steroid dienone is 2. The van der Waals surface area contributed by atoms with Gasteiger partial charge in [-0.15, -0.1) is 6.58 Å². The van der Waals surface area contributed by atoms with Gasteiger partial charge in [0.15, 0.2) is 0 Å². The lowest BCUT2D eigenvalue weighted by Crippen LogP contribution is -2.19. The van der Waals surface area contributed by atoms with Crippen molar-refractivity contribution in [2.45, 2.75) is 76.4 Å². The second-order valence-electron chi connectivity index (χ2n) is 5.41. The Morgan fingerprint density at radius 3 is 1.95 bits per heavy atom. The van der Waals surface area contributed by atoms with Gasteiger partial charge in [-0.2, -0.15) is 0 Å². The smallest absolute Gasteiger partial charge is 0.0798 e. The lowest BCUT2D eigenvalue weighted by atomic mass is 10.1. The molecule has 0 radical (unpaired) electrons. The highest BCUT2D eigenvalue weighted by Gasteiger charge is 2.07. The van der Waals surface area contributed by atoms with Crippen molar-refractivity contribution in [2.75, 3.05) is 6.61 Å². The predicted molar refractivity (Wildman–Crippen MR) is 84.6 cm³/mol. The Labute approximate surface area is 124 Å². The molecule has 0 saturated carbocycles. The zero-order valence-corrected chi connectivity index (χ0v) is 12.7. The molecule has 0 fully saturated rings. The molecule has 0 heterocycles. The van der Waals surface area contributed by atoms with Crippen molar-refractivity contribution in [2.24, 2.45) is 0 Å². The third-order valence-corrected chi connectivity index (χ3v) is 3.36. The molecule has 0 aliphatic rings. The second kappa shape index (κ2) is 14.8. The van der Waals surface area contributed by atoms with Crippen LogP contribution in [0.15, 0.2) is 24.8 Å². The maximum Gasteiger partial charge on any atom is 0.0798 e. The number of hydrogen-bond donors (Lipinski definition) is 3. The van der Waals surface area contributed by atoms with Gasteiger partial charge < -0.3 is 15.3 Å². The minimum Gasteiger partial charge on any atom is -0.394 e. The van der Waals surface area contributed by atoms with E-state index < -0.39 is 12.2 Å². The Morgan fingerprint density at radius 2 is 1.40 bits per heavy atom. The van der Waals surface area contributed by atoms with E-state index in [4.69, 9.17) is 10.2 Å². The van der Waals surface area contributed by atoms with Gasteiger partial charge in [0.05, 0.1) is 18.8 Å². The molecule has 0 aromatic heterocycles. The van der Waals surface area contributed by atoms with Gasteiger partial charge in [0.2, 0.25) is 0 Å². The Hall–Kier alpha value is -0.640. The van der Waals surface area contributed by atoms with Crippen molar-refractivity contribution < 1.29 is 15.3 Å². The maximum absolute atomic E-state index is 9.53. The SMILES string of the molecule is C=CCCCCCCCCC/C=C/[C@@H](O)C[C@@H](O)CO. The molecule has 118 valence electrons. The summed E-state index contributed by atoms with van der Waals surface area (Å²) in [6, 6.07) is 0. The van der Waals surface area contributed by atoms with Crippen LogP contribution in [0, 0.1) is 0 Å². The van der Waals surface area contributed by atoms with E-state index in [0.717, 1.165) is 19.3 Å². The number of aliphatic hydroxyl groups excluding tert-OH is 3. The summed E-state index contributed by atoms with van der Waals surface area (Å²) in [6.45, 7) is 3.42. The summed E-state index contributed by atoms with van der Waals surface area (Å²) in [7, 11) is 0. The topological polar surface area (TPSA) is 60.7 Å². The van der Waals surface area contributed by atoms with Gasteiger partial charge in [0.1, 0.15) is 0 Å². The van der Waals surface area contributed by atoms with Crippen molar-refractivity contribution in [3.05, 3.63) is 24.8 Å². The molecule has 0 amide bonds. The lowest BCUT2D eigenvalue weighted by Gasteiger charge is -2.09. The summed E-state index contributed by atoms with van der Waals surface area (Å²) in [4.78, 5) is 0. The summed E-state index contributed by atoms with van der Waals surface area (Å²) < 4.78 is 0. The van der Waals surface area contributed by atoms with Crippen LogP contribution in [0.25, 0.3) is 0 Å². The van der Waals surface area contributed by atoms with Crippen LogP contribution in [-0.4, -0.2) is 34.1 Å². The fourth-order valence-corrected chi connectivity index (χ4v) is 2.12. The maximum atomic E-state index is 9.53. The van der Waals surface area contributed by atoms with E-state index in [1.54, 1.807) is 6.08 Å². The van der Waals surface area contributed by atoms with Crippen molar-refractivity contribution in [3.63, 3.8) is 0 Å². The molecule has 0 rings (SSSR count). The molecule has 2 atom stereocenters. The largest absolute Gasteiger partial charge is 0.394 e. The van der Waals surface area contributed by atoms with Gasteiger partial charge in [0, 0.05) is 6.42 Å². The Balaban J connectivity index is 3.28. The van der Waals surface area contributed by atoms with Crippen LogP contribution in [0.2, 0.25) is 0 Å².